The quantitative estimate of drug-likeness (QED) is 0.361. The molecule has 5 aromatic rings. The third-order valence-corrected chi connectivity index (χ3v) is 5.10. The van der Waals surface area contributed by atoms with Gasteiger partial charge in [0.1, 0.15) is 17.2 Å². The third kappa shape index (κ3) is 2.39. The average Bonchev–Trinajstić information content (AvgIpc) is 3.12. The van der Waals surface area contributed by atoms with Crippen molar-refractivity contribution in [2.75, 3.05) is 0 Å². The van der Waals surface area contributed by atoms with E-state index < -0.39 is 0 Å². The number of aromatic nitrogens is 1. The molecular weight excluding hydrogens is 344 g/mol. The maximum atomic E-state index is 9.83. The number of para-hydroxylation sites is 1. The minimum atomic E-state index is 0.650. The Labute approximate surface area is 162 Å². The highest BCUT2D eigenvalue weighted by molar-refractivity contribution is 6.14. The van der Waals surface area contributed by atoms with Crippen LogP contribution < -0.4 is 0 Å². The smallest absolute Gasteiger partial charge is 0.144 e. The first kappa shape index (κ1) is 16.3. The molecule has 132 valence electrons. The highest BCUT2D eigenvalue weighted by atomic mass is 16.3. The monoisotopic (exact) mass is 360 g/mol. The second kappa shape index (κ2) is 6.37. The minimum absolute atomic E-state index is 0.650. The summed E-state index contributed by atoms with van der Waals surface area (Å²) in [5, 5.41) is 11.9. The Morgan fingerprint density at radius 2 is 1.68 bits per heavy atom. The summed E-state index contributed by atoms with van der Waals surface area (Å²) >= 11 is 0. The lowest BCUT2D eigenvalue weighted by Gasteiger charge is -2.08. The largest absolute Gasteiger partial charge is 0.455 e. The van der Waals surface area contributed by atoms with Gasteiger partial charge in [-0.1, -0.05) is 48.5 Å². The van der Waals surface area contributed by atoms with E-state index >= 15 is 0 Å². The lowest BCUT2D eigenvalue weighted by molar-refractivity contribution is 0.670. The van der Waals surface area contributed by atoms with Gasteiger partial charge in [0.15, 0.2) is 0 Å². The van der Waals surface area contributed by atoms with Gasteiger partial charge in [0, 0.05) is 28.1 Å². The highest BCUT2D eigenvalue weighted by Crippen LogP contribution is 2.41. The molecule has 0 saturated carbocycles. The summed E-state index contributed by atoms with van der Waals surface area (Å²) in [6.45, 7) is 1.98. The summed E-state index contributed by atoms with van der Waals surface area (Å²) in [5.41, 5.74) is 6.77. The summed E-state index contributed by atoms with van der Waals surface area (Å²) in [6.07, 6.45) is 1.78. The van der Waals surface area contributed by atoms with Crippen molar-refractivity contribution < 1.29 is 4.42 Å². The lowest BCUT2D eigenvalue weighted by Crippen LogP contribution is -1.89. The van der Waals surface area contributed by atoms with Crippen LogP contribution in [-0.2, 0) is 0 Å². The van der Waals surface area contributed by atoms with E-state index in [0.29, 0.717) is 5.56 Å². The van der Waals surface area contributed by atoms with Crippen LogP contribution in [0.2, 0.25) is 0 Å². The number of furan rings is 1. The fourth-order valence-corrected chi connectivity index (χ4v) is 3.81. The van der Waals surface area contributed by atoms with Crippen LogP contribution >= 0.6 is 0 Å². The van der Waals surface area contributed by atoms with Gasteiger partial charge in [-0.05, 0) is 42.3 Å². The van der Waals surface area contributed by atoms with E-state index in [1.807, 2.05) is 73.7 Å². The molecule has 0 aliphatic rings. The summed E-state index contributed by atoms with van der Waals surface area (Å²) in [7, 11) is 0. The van der Waals surface area contributed by atoms with Gasteiger partial charge < -0.3 is 4.42 Å². The van der Waals surface area contributed by atoms with Crippen LogP contribution in [-0.4, -0.2) is 4.98 Å². The zero-order valence-corrected chi connectivity index (χ0v) is 15.3. The molecule has 5 rings (SSSR count). The number of hydrogen-bond acceptors (Lipinski definition) is 3. The fourth-order valence-electron chi connectivity index (χ4n) is 3.81. The molecule has 0 saturated heterocycles. The van der Waals surface area contributed by atoms with Crippen LogP contribution in [0.3, 0.4) is 0 Å². The SMILES string of the molecule is Cc1cc2c(oc3c(-c4ccccn4)cccc32)c(-c2ccccc2)c1C#N. The second-order valence-electron chi connectivity index (χ2n) is 6.80. The molecular formula is C25H16N2O. The van der Waals surface area contributed by atoms with Crippen molar-refractivity contribution >= 4 is 21.9 Å². The molecule has 3 nitrogen and oxygen atoms in total. The maximum Gasteiger partial charge on any atom is 0.144 e. The molecule has 0 bridgehead atoms. The normalized spacial score (nSPS) is 11.0. The molecule has 0 amide bonds. The van der Waals surface area contributed by atoms with Crippen molar-refractivity contribution in [1.82, 2.24) is 4.98 Å². The van der Waals surface area contributed by atoms with Crippen molar-refractivity contribution in [3.05, 3.63) is 90.1 Å². The standard InChI is InChI=1S/C25H16N2O/c1-16-14-20-18-10-7-11-19(22-12-5-6-13-27-22)24(18)28-25(20)23(21(16)15-26)17-8-3-2-4-9-17/h2-14H,1H3. The summed E-state index contributed by atoms with van der Waals surface area (Å²) in [4.78, 5) is 4.49. The van der Waals surface area contributed by atoms with Gasteiger partial charge in [-0.15, -0.1) is 0 Å². The van der Waals surface area contributed by atoms with E-state index in [1.165, 1.54) is 0 Å². The van der Waals surface area contributed by atoms with Gasteiger partial charge in [0.05, 0.1) is 11.3 Å². The van der Waals surface area contributed by atoms with E-state index in [4.69, 9.17) is 4.42 Å². The first-order valence-corrected chi connectivity index (χ1v) is 9.13. The number of rotatable bonds is 2. The molecule has 0 atom stereocenters. The topological polar surface area (TPSA) is 49.8 Å². The minimum Gasteiger partial charge on any atom is -0.455 e. The van der Waals surface area contributed by atoms with Crippen molar-refractivity contribution in [3.8, 4) is 28.5 Å². The number of nitrogens with zero attached hydrogens (tertiary/aromatic N) is 2. The highest BCUT2D eigenvalue weighted by Gasteiger charge is 2.20. The zero-order valence-electron chi connectivity index (χ0n) is 15.3. The van der Waals surface area contributed by atoms with E-state index in [0.717, 1.165) is 49.9 Å². The number of aryl methyl sites for hydroxylation is 1. The first-order chi connectivity index (χ1) is 13.8. The number of pyridine rings is 1. The third-order valence-electron chi connectivity index (χ3n) is 5.10. The molecule has 0 aliphatic carbocycles. The van der Waals surface area contributed by atoms with E-state index in [1.54, 1.807) is 6.20 Å². The number of nitriles is 1. The van der Waals surface area contributed by atoms with Crippen LogP contribution in [0.15, 0.2) is 83.4 Å². The first-order valence-electron chi connectivity index (χ1n) is 9.13. The molecule has 0 fully saturated rings. The van der Waals surface area contributed by atoms with Gasteiger partial charge in [0.25, 0.3) is 0 Å². The van der Waals surface area contributed by atoms with Crippen LogP contribution in [0.25, 0.3) is 44.3 Å². The Kier molecular flexibility index (Phi) is 3.70. The number of benzene rings is 3. The Morgan fingerprint density at radius 1 is 0.857 bits per heavy atom. The zero-order chi connectivity index (χ0) is 19.1. The molecule has 0 spiro atoms. The van der Waals surface area contributed by atoms with Gasteiger partial charge >= 0.3 is 0 Å². The molecule has 2 aromatic heterocycles. The number of fused-ring (bicyclic) bond motifs is 3. The average molecular weight is 360 g/mol. The van der Waals surface area contributed by atoms with Gasteiger partial charge in [-0.3, -0.25) is 4.98 Å². The second-order valence-corrected chi connectivity index (χ2v) is 6.80. The van der Waals surface area contributed by atoms with Gasteiger partial charge in [-0.2, -0.15) is 5.26 Å². The predicted molar refractivity (Wildman–Crippen MR) is 112 cm³/mol. The van der Waals surface area contributed by atoms with Crippen molar-refractivity contribution in [1.29, 1.82) is 5.26 Å². The van der Waals surface area contributed by atoms with Gasteiger partial charge in [-0.25, -0.2) is 0 Å². The van der Waals surface area contributed by atoms with Crippen molar-refractivity contribution in [2.45, 2.75) is 6.92 Å². The summed E-state index contributed by atoms with van der Waals surface area (Å²) in [6, 6.07) is 26.3. The molecule has 3 heteroatoms. The van der Waals surface area contributed by atoms with Crippen LogP contribution in [0.5, 0.6) is 0 Å². The van der Waals surface area contributed by atoms with E-state index in [-0.39, 0.29) is 0 Å². The Bertz CT molecular complexity index is 1360. The van der Waals surface area contributed by atoms with Crippen molar-refractivity contribution in [2.24, 2.45) is 0 Å². The lowest BCUT2D eigenvalue weighted by atomic mass is 9.93. The Hall–Kier alpha value is -3.90. The maximum absolute atomic E-state index is 9.83. The predicted octanol–water partition coefficient (Wildman–Crippen LogP) is 6.50. The van der Waals surface area contributed by atoms with Crippen LogP contribution in [0.1, 0.15) is 11.1 Å². The van der Waals surface area contributed by atoms with E-state index in [2.05, 4.69) is 17.1 Å². The van der Waals surface area contributed by atoms with Crippen LogP contribution in [0.4, 0.5) is 0 Å². The summed E-state index contributed by atoms with van der Waals surface area (Å²) < 4.78 is 6.43. The van der Waals surface area contributed by atoms with Gasteiger partial charge in [0.2, 0.25) is 0 Å². The number of hydrogen-bond donors (Lipinski definition) is 0. The molecule has 0 aliphatic heterocycles. The molecule has 0 unspecified atom stereocenters. The van der Waals surface area contributed by atoms with E-state index in [9.17, 15) is 5.26 Å². The van der Waals surface area contributed by atoms with Crippen molar-refractivity contribution in [3.63, 3.8) is 0 Å². The summed E-state index contributed by atoms with van der Waals surface area (Å²) in [5.74, 6) is 0. The Balaban J connectivity index is 1.94. The van der Waals surface area contributed by atoms with Crippen LogP contribution in [0, 0.1) is 18.3 Å². The Morgan fingerprint density at radius 3 is 2.43 bits per heavy atom. The molecule has 0 radical (unpaired) electrons. The molecule has 0 N–H and O–H groups in total. The molecule has 28 heavy (non-hydrogen) atoms. The fraction of sp³-hybridized carbons (Fsp3) is 0.0400. The molecule has 3 aromatic carbocycles. The molecule has 2 heterocycles.